The molecule has 0 saturated carbocycles. The molecule has 0 amide bonds. The molecule has 0 aromatic carbocycles. The van der Waals surface area contributed by atoms with Crippen LogP contribution in [0.2, 0.25) is 0 Å². The van der Waals surface area contributed by atoms with Crippen molar-refractivity contribution < 1.29 is 9.90 Å². The molecule has 1 fully saturated rings. The van der Waals surface area contributed by atoms with Crippen LogP contribution in [0.5, 0.6) is 0 Å². The first-order valence-corrected chi connectivity index (χ1v) is 6.70. The van der Waals surface area contributed by atoms with Crippen molar-refractivity contribution in [2.24, 2.45) is 7.05 Å². The summed E-state index contributed by atoms with van der Waals surface area (Å²) in [6, 6.07) is 2.12. The van der Waals surface area contributed by atoms with Crippen LogP contribution in [0.25, 0.3) is 0 Å². The molecule has 2 rings (SSSR count). The van der Waals surface area contributed by atoms with E-state index in [0.717, 1.165) is 38.4 Å². The molecular formula is C13H22N4O2. The molecule has 1 saturated heterocycles. The number of carbonyl (C=O) groups is 1. The van der Waals surface area contributed by atoms with Gasteiger partial charge >= 0.3 is 5.97 Å². The third-order valence-electron chi connectivity index (χ3n) is 3.59. The first-order chi connectivity index (χ1) is 9.04. The molecule has 1 aliphatic heterocycles. The third kappa shape index (κ3) is 4.04. The number of carboxylic acids is 1. The number of carboxylic acid groups (broad SMARTS) is 1. The molecule has 106 valence electrons. The third-order valence-corrected chi connectivity index (χ3v) is 3.59. The molecule has 0 atom stereocenters. The quantitative estimate of drug-likeness (QED) is 0.831. The van der Waals surface area contributed by atoms with Gasteiger partial charge in [-0.2, -0.15) is 5.10 Å². The Morgan fingerprint density at radius 2 is 1.95 bits per heavy atom. The number of piperazine rings is 1. The van der Waals surface area contributed by atoms with Crippen molar-refractivity contribution in [3.8, 4) is 0 Å². The minimum atomic E-state index is -0.715. The molecule has 1 aliphatic rings. The summed E-state index contributed by atoms with van der Waals surface area (Å²) in [5.41, 5.74) is 2.29. The zero-order chi connectivity index (χ0) is 13.8. The summed E-state index contributed by atoms with van der Waals surface area (Å²) in [6.45, 7) is 7.47. The Balaban J connectivity index is 1.77. The Labute approximate surface area is 113 Å². The molecular weight excluding hydrogens is 244 g/mol. The number of hydrogen-bond donors (Lipinski definition) is 1. The maximum absolute atomic E-state index is 10.5. The highest BCUT2D eigenvalue weighted by Crippen LogP contribution is 2.09. The average Bonchev–Trinajstić information content (AvgIpc) is 2.67. The van der Waals surface area contributed by atoms with E-state index in [1.807, 2.05) is 18.7 Å². The van der Waals surface area contributed by atoms with Crippen LogP contribution in [0, 0.1) is 6.92 Å². The first kappa shape index (κ1) is 14.0. The first-order valence-electron chi connectivity index (χ1n) is 6.70. The lowest BCUT2D eigenvalue weighted by molar-refractivity contribution is -0.137. The van der Waals surface area contributed by atoms with E-state index in [0.29, 0.717) is 6.54 Å². The molecule has 1 aromatic heterocycles. The van der Waals surface area contributed by atoms with Gasteiger partial charge in [0.25, 0.3) is 0 Å². The van der Waals surface area contributed by atoms with E-state index in [-0.39, 0.29) is 6.42 Å². The van der Waals surface area contributed by atoms with Gasteiger partial charge in [0, 0.05) is 46.3 Å². The monoisotopic (exact) mass is 266 g/mol. The van der Waals surface area contributed by atoms with Gasteiger partial charge in [-0.1, -0.05) is 0 Å². The zero-order valence-electron chi connectivity index (χ0n) is 11.7. The fourth-order valence-electron chi connectivity index (χ4n) is 2.47. The molecule has 1 N–H and O–H groups in total. The zero-order valence-corrected chi connectivity index (χ0v) is 11.7. The van der Waals surface area contributed by atoms with Crippen LogP contribution in [-0.4, -0.2) is 63.4 Å². The summed E-state index contributed by atoms with van der Waals surface area (Å²) >= 11 is 0. The summed E-state index contributed by atoms with van der Waals surface area (Å²) < 4.78 is 1.94. The number of hydrogen-bond acceptors (Lipinski definition) is 4. The van der Waals surface area contributed by atoms with Crippen LogP contribution in [0.4, 0.5) is 0 Å². The van der Waals surface area contributed by atoms with E-state index in [4.69, 9.17) is 5.11 Å². The molecule has 2 heterocycles. The molecule has 1 aromatic rings. The highest BCUT2D eigenvalue weighted by Gasteiger charge is 2.18. The highest BCUT2D eigenvalue weighted by molar-refractivity contribution is 5.66. The second kappa shape index (κ2) is 6.16. The van der Waals surface area contributed by atoms with Gasteiger partial charge in [0.05, 0.1) is 17.8 Å². The van der Waals surface area contributed by atoms with Gasteiger partial charge in [-0.3, -0.25) is 14.4 Å². The fourth-order valence-corrected chi connectivity index (χ4v) is 2.47. The van der Waals surface area contributed by atoms with Crippen LogP contribution in [0.3, 0.4) is 0 Å². The molecule has 6 nitrogen and oxygen atoms in total. The number of aromatic nitrogens is 2. The van der Waals surface area contributed by atoms with Gasteiger partial charge in [0.15, 0.2) is 0 Å². The molecule has 0 unspecified atom stereocenters. The van der Waals surface area contributed by atoms with Gasteiger partial charge in [0.2, 0.25) is 0 Å². The summed E-state index contributed by atoms with van der Waals surface area (Å²) in [5, 5.41) is 13.0. The Morgan fingerprint density at radius 3 is 2.47 bits per heavy atom. The van der Waals surface area contributed by atoms with E-state index in [1.54, 1.807) is 0 Å². The van der Waals surface area contributed by atoms with Gasteiger partial charge in [0.1, 0.15) is 0 Å². The summed E-state index contributed by atoms with van der Waals surface area (Å²) in [7, 11) is 1.98. The van der Waals surface area contributed by atoms with E-state index in [2.05, 4.69) is 21.0 Å². The SMILES string of the molecule is Cc1cc(CN2CCN(CCC(=O)O)CC2)n(C)n1. The van der Waals surface area contributed by atoms with Crippen LogP contribution in [0.1, 0.15) is 17.8 Å². The molecule has 6 heteroatoms. The minimum Gasteiger partial charge on any atom is -0.481 e. The van der Waals surface area contributed by atoms with Crippen molar-refractivity contribution in [1.29, 1.82) is 0 Å². The van der Waals surface area contributed by atoms with Gasteiger partial charge in [-0.15, -0.1) is 0 Å². The van der Waals surface area contributed by atoms with Crippen LogP contribution in [-0.2, 0) is 18.4 Å². The van der Waals surface area contributed by atoms with Crippen LogP contribution >= 0.6 is 0 Å². The van der Waals surface area contributed by atoms with Crippen molar-refractivity contribution in [3.05, 3.63) is 17.5 Å². The highest BCUT2D eigenvalue weighted by atomic mass is 16.4. The van der Waals surface area contributed by atoms with E-state index >= 15 is 0 Å². The number of nitrogens with zero attached hydrogens (tertiary/aromatic N) is 4. The Hall–Kier alpha value is -1.40. The predicted molar refractivity (Wildman–Crippen MR) is 71.9 cm³/mol. The van der Waals surface area contributed by atoms with Crippen molar-refractivity contribution >= 4 is 5.97 Å². The Bertz CT molecular complexity index is 436. The fraction of sp³-hybridized carbons (Fsp3) is 0.692. The molecule has 0 radical (unpaired) electrons. The van der Waals surface area contributed by atoms with Crippen LogP contribution in [0.15, 0.2) is 6.07 Å². The van der Waals surface area contributed by atoms with Gasteiger partial charge < -0.3 is 10.0 Å². The van der Waals surface area contributed by atoms with Crippen molar-refractivity contribution in [3.63, 3.8) is 0 Å². The standard InChI is InChI=1S/C13H22N4O2/c1-11-9-12(15(2)14-11)10-17-7-5-16(6-8-17)4-3-13(18)19/h9H,3-8,10H2,1-2H3,(H,18,19). The molecule has 0 bridgehead atoms. The van der Waals surface area contributed by atoms with Gasteiger partial charge in [-0.25, -0.2) is 0 Å². The Morgan fingerprint density at radius 1 is 1.32 bits per heavy atom. The largest absolute Gasteiger partial charge is 0.481 e. The number of aliphatic carboxylic acids is 1. The Kier molecular flexibility index (Phi) is 4.55. The number of rotatable bonds is 5. The topological polar surface area (TPSA) is 61.6 Å². The maximum atomic E-state index is 10.5. The second-order valence-electron chi connectivity index (χ2n) is 5.16. The summed E-state index contributed by atoms with van der Waals surface area (Å²) in [6.07, 6.45) is 0.237. The summed E-state index contributed by atoms with van der Waals surface area (Å²) in [4.78, 5) is 15.2. The maximum Gasteiger partial charge on any atom is 0.304 e. The molecule has 0 aliphatic carbocycles. The van der Waals surface area contributed by atoms with Crippen molar-refractivity contribution in [2.45, 2.75) is 19.9 Å². The lowest BCUT2D eigenvalue weighted by atomic mass is 10.2. The lowest BCUT2D eigenvalue weighted by Gasteiger charge is -2.34. The van der Waals surface area contributed by atoms with E-state index in [9.17, 15) is 4.79 Å². The lowest BCUT2D eigenvalue weighted by Crippen LogP contribution is -2.46. The van der Waals surface area contributed by atoms with E-state index < -0.39 is 5.97 Å². The summed E-state index contributed by atoms with van der Waals surface area (Å²) in [5.74, 6) is -0.715. The molecule has 19 heavy (non-hydrogen) atoms. The number of aryl methyl sites for hydroxylation is 2. The average molecular weight is 266 g/mol. The molecule has 0 spiro atoms. The second-order valence-corrected chi connectivity index (χ2v) is 5.16. The van der Waals surface area contributed by atoms with Gasteiger partial charge in [-0.05, 0) is 13.0 Å². The van der Waals surface area contributed by atoms with Crippen LogP contribution < -0.4 is 0 Å². The smallest absolute Gasteiger partial charge is 0.304 e. The normalized spacial score (nSPS) is 17.8. The minimum absolute atomic E-state index is 0.237. The van der Waals surface area contributed by atoms with Crippen molar-refractivity contribution in [1.82, 2.24) is 19.6 Å². The predicted octanol–water partition coefficient (Wildman–Crippen LogP) is 0.321. The van der Waals surface area contributed by atoms with E-state index in [1.165, 1.54) is 5.69 Å². The van der Waals surface area contributed by atoms with Crippen molar-refractivity contribution in [2.75, 3.05) is 32.7 Å².